The number of aromatic nitrogens is 1. The second-order valence-electron chi connectivity index (χ2n) is 4.65. The molecule has 4 nitrogen and oxygen atoms in total. The summed E-state index contributed by atoms with van der Waals surface area (Å²) in [6.07, 6.45) is 4.22. The van der Waals surface area contributed by atoms with Crippen molar-refractivity contribution in [2.24, 2.45) is 0 Å². The van der Waals surface area contributed by atoms with E-state index in [1.165, 1.54) is 0 Å². The number of pyridine rings is 1. The predicted octanol–water partition coefficient (Wildman–Crippen LogP) is 2.11. The average molecular weight is 234 g/mol. The molecule has 0 radical (unpaired) electrons. The molecule has 1 amide bonds. The highest BCUT2D eigenvalue weighted by Crippen LogP contribution is 2.28. The highest BCUT2D eigenvalue weighted by Gasteiger charge is 2.24. The smallest absolute Gasteiger partial charge is 0.253 e. The molecule has 17 heavy (non-hydrogen) atoms. The van der Waals surface area contributed by atoms with E-state index in [9.17, 15) is 4.79 Å². The lowest BCUT2D eigenvalue weighted by Crippen LogP contribution is -2.21. The third kappa shape index (κ3) is 2.75. The summed E-state index contributed by atoms with van der Waals surface area (Å²) in [4.78, 5) is 16.1. The Balaban J connectivity index is 2.30. The van der Waals surface area contributed by atoms with Gasteiger partial charge in [-0.15, -0.1) is 0 Å². The van der Waals surface area contributed by atoms with E-state index in [1.807, 2.05) is 13.8 Å². The molecule has 1 aromatic rings. The van der Waals surface area contributed by atoms with Crippen molar-refractivity contribution in [1.82, 2.24) is 10.3 Å². The Kier molecular flexibility index (Phi) is 3.31. The molecule has 0 bridgehead atoms. The summed E-state index contributed by atoms with van der Waals surface area (Å²) in [5.41, 5.74) is 1.42. The van der Waals surface area contributed by atoms with Crippen molar-refractivity contribution < 1.29 is 9.53 Å². The van der Waals surface area contributed by atoms with E-state index >= 15 is 0 Å². The van der Waals surface area contributed by atoms with Crippen LogP contribution in [0.4, 0.5) is 0 Å². The average Bonchev–Trinajstić information content (AvgIpc) is 3.11. The standard InChI is InChI=1S/C13H18N2O2/c1-8(2)12-11(13(16)14-3)6-10(7-15-12)17-9-4-5-9/h6-9H,4-5H2,1-3H3,(H,14,16). The van der Waals surface area contributed by atoms with Crippen LogP contribution in [0.5, 0.6) is 5.75 Å². The van der Waals surface area contributed by atoms with Crippen LogP contribution in [-0.4, -0.2) is 24.0 Å². The predicted molar refractivity (Wildman–Crippen MR) is 65.4 cm³/mol. The summed E-state index contributed by atoms with van der Waals surface area (Å²) in [6, 6.07) is 1.79. The molecule has 0 unspecified atom stereocenters. The van der Waals surface area contributed by atoms with E-state index in [0.29, 0.717) is 17.4 Å². The number of nitrogens with one attached hydrogen (secondary N) is 1. The minimum atomic E-state index is -0.109. The molecule has 1 aliphatic rings. The molecule has 0 aromatic carbocycles. The highest BCUT2D eigenvalue weighted by molar-refractivity contribution is 5.95. The zero-order valence-electron chi connectivity index (χ0n) is 10.5. The molecule has 1 saturated carbocycles. The maximum Gasteiger partial charge on any atom is 0.253 e. The summed E-state index contributed by atoms with van der Waals surface area (Å²) in [6.45, 7) is 4.05. The Morgan fingerprint density at radius 1 is 1.53 bits per heavy atom. The zero-order chi connectivity index (χ0) is 12.4. The fourth-order valence-electron chi connectivity index (χ4n) is 1.68. The number of rotatable bonds is 4. The van der Waals surface area contributed by atoms with Gasteiger partial charge >= 0.3 is 0 Å². The zero-order valence-corrected chi connectivity index (χ0v) is 10.5. The molecule has 4 heteroatoms. The lowest BCUT2D eigenvalue weighted by Gasteiger charge is -2.12. The van der Waals surface area contributed by atoms with Crippen molar-refractivity contribution in [3.8, 4) is 5.75 Å². The van der Waals surface area contributed by atoms with Crippen molar-refractivity contribution in [1.29, 1.82) is 0 Å². The van der Waals surface area contributed by atoms with Crippen LogP contribution in [0.3, 0.4) is 0 Å². The fourth-order valence-corrected chi connectivity index (χ4v) is 1.68. The van der Waals surface area contributed by atoms with Gasteiger partial charge in [-0.25, -0.2) is 0 Å². The number of amides is 1. The summed E-state index contributed by atoms with van der Waals surface area (Å²) in [5, 5.41) is 2.64. The molecule has 1 N–H and O–H groups in total. The van der Waals surface area contributed by atoms with E-state index in [4.69, 9.17) is 4.74 Å². The Hall–Kier alpha value is -1.58. The van der Waals surface area contributed by atoms with Crippen LogP contribution >= 0.6 is 0 Å². The Morgan fingerprint density at radius 3 is 2.76 bits per heavy atom. The molecule has 1 fully saturated rings. The van der Waals surface area contributed by atoms with E-state index in [1.54, 1.807) is 19.3 Å². The van der Waals surface area contributed by atoms with Gasteiger partial charge in [-0.1, -0.05) is 13.8 Å². The summed E-state index contributed by atoms with van der Waals surface area (Å²) in [5.74, 6) is 0.801. The molecule has 1 aromatic heterocycles. The van der Waals surface area contributed by atoms with Crippen LogP contribution < -0.4 is 10.1 Å². The van der Waals surface area contributed by atoms with Gasteiger partial charge in [-0.2, -0.15) is 0 Å². The Morgan fingerprint density at radius 2 is 2.24 bits per heavy atom. The molecule has 1 aliphatic carbocycles. The first-order valence-corrected chi connectivity index (χ1v) is 6.00. The minimum Gasteiger partial charge on any atom is -0.489 e. The Bertz CT molecular complexity index is 425. The van der Waals surface area contributed by atoms with Gasteiger partial charge in [0.2, 0.25) is 0 Å². The van der Waals surface area contributed by atoms with Crippen molar-refractivity contribution in [2.45, 2.75) is 38.7 Å². The van der Waals surface area contributed by atoms with Crippen LogP contribution in [0.25, 0.3) is 0 Å². The van der Waals surface area contributed by atoms with Gasteiger partial charge in [0.15, 0.2) is 0 Å². The van der Waals surface area contributed by atoms with Crippen molar-refractivity contribution in [2.75, 3.05) is 7.05 Å². The van der Waals surface area contributed by atoms with Crippen LogP contribution in [0, 0.1) is 0 Å². The van der Waals surface area contributed by atoms with Crippen LogP contribution in [0.2, 0.25) is 0 Å². The monoisotopic (exact) mass is 234 g/mol. The first-order chi connectivity index (χ1) is 8.11. The molecule has 2 rings (SSSR count). The van der Waals surface area contributed by atoms with Crippen LogP contribution in [0.15, 0.2) is 12.3 Å². The first-order valence-electron chi connectivity index (χ1n) is 6.00. The fraction of sp³-hybridized carbons (Fsp3) is 0.538. The molecule has 1 heterocycles. The third-order valence-electron chi connectivity index (χ3n) is 2.74. The molecule has 0 spiro atoms. The van der Waals surface area contributed by atoms with Gasteiger partial charge in [0.1, 0.15) is 5.75 Å². The minimum absolute atomic E-state index is 0.109. The van der Waals surface area contributed by atoms with Gasteiger partial charge in [-0.3, -0.25) is 9.78 Å². The summed E-state index contributed by atoms with van der Waals surface area (Å²) < 4.78 is 5.65. The van der Waals surface area contributed by atoms with E-state index in [0.717, 1.165) is 18.5 Å². The Labute approximate surface area is 101 Å². The lowest BCUT2D eigenvalue weighted by molar-refractivity contribution is 0.0960. The molecular weight excluding hydrogens is 216 g/mol. The highest BCUT2D eigenvalue weighted by atomic mass is 16.5. The number of carbonyl (C=O) groups is 1. The normalized spacial score (nSPS) is 14.8. The van der Waals surface area contributed by atoms with Gasteiger partial charge in [0, 0.05) is 7.05 Å². The lowest BCUT2D eigenvalue weighted by atomic mass is 10.0. The quantitative estimate of drug-likeness (QED) is 0.868. The second-order valence-corrected chi connectivity index (χ2v) is 4.65. The first kappa shape index (κ1) is 11.9. The van der Waals surface area contributed by atoms with Gasteiger partial charge in [0.25, 0.3) is 5.91 Å². The number of nitrogens with zero attached hydrogens (tertiary/aromatic N) is 1. The van der Waals surface area contributed by atoms with Crippen molar-refractivity contribution in [3.63, 3.8) is 0 Å². The molecule has 0 saturated heterocycles. The van der Waals surface area contributed by atoms with Gasteiger partial charge in [-0.05, 0) is 24.8 Å². The molecule has 0 atom stereocenters. The largest absolute Gasteiger partial charge is 0.489 e. The molecule has 92 valence electrons. The number of hydrogen-bond acceptors (Lipinski definition) is 3. The summed E-state index contributed by atoms with van der Waals surface area (Å²) >= 11 is 0. The van der Waals surface area contributed by atoms with Crippen molar-refractivity contribution >= 4 is 5.91 Å². The SMILES string of the molecule is CNC(=O)c1cc(OC2CC2)cnc1C(C)C. The van der Waals surface area contributed by atoms with E-state index < -0.39 is 0 Å². The third-order valence-corrected chi connectivity index (χ3v) is 2.74. The van der Waals surface area contributed by atoms with Gasteiger partial charge in [0.05, 0.1) is 23.6 Å². The topological polar surface area (TPSA) is 51.2 Å². The molecular formula is C13H18N2O2. The van der Waals surface area contributed by atoms with E-state index in [2.05, 4.69) is 10.3 Å². The maximum absolute atomic E-state index is 11.8. The van der Waals surface area contributed by atoms with Crippen LogP contribution in [0.1, 0.15) is 48.7 Å². The number of hydrogen-bond donors (Lipinski definition) is 1. The number of carbonyl (C=O) groups excluding carboxylic acids is 1. The van der Waals surface area contributed by atoms with Crippen molar-refractivity contribution in [3.05, 3.63) is 23.5 Å². The van der Waals surface area contributed by atoms with E-state index in [-0.39, 0.29) is 11.8 Å². The maximum atomic E-state index is 11.8. The second kappa shape index (κ2) is 4.73. The number of ether oxygens (including phenoxy) is 1. The van der Waals surface area contributed by atoms with Crippen LogP contribution in [-0.2, 0) is 0 Å². The summed E-state index contributed by atoms with van der Waals surface area (Å²) in [7, 11) is 1.63. The molecule has 0 aliphatic heterocycles. The van der Waals surface area contributed by atoms with Gasteiger partial charge < -0.3 is 10.1 Å².